The number of rotatable bonds is 4. The Bertz CT molecular complexity index is 928. The summed E-state index contributed by atoms with van der Waals surface area (Å²) < 4.78 is 15.3. The van der Waals surface area contributed by atoms with Crippen molar-refractivity contribution in [2.24, 2.45) is 5.92 Å². The second kappa shape index (κ2) is 7.33. The number of halogens is 1. The monoisotopic (exact) mass is 387 g/mol. The van der Waals surface area contributed by atoms with Gasteiger partial charge >= 0.3 is 5.97 Å². The number of aromatic carboxylic acids is 1. The van der Waals surface area contributed by atoms with Gasteiger partial charge in [-0.2, -0.15) is 5.10 Å². The highest BCUT2D eigenvalue weighted by Gasteiger charge is 2.39. The van der Waals surface area contributed by atoms with Crippen molar-refractivity contribution in [1.29, 1.82) is 0 Å². The van der Waals surface area contributed by atoms with E-state index >= 15 is 0 Å². The van der Waals surface area contributed by atoms with Crippen molar-refractivity contribution < 1.29 is 19.1 Å². The Morgan fingerprint density at radius 2 is 2.21 bits per heavy atom. The van der Waals surface area contributed by atoms with E-state index < -0.39 is 11.9 Å². The van der Waals surface area contributed by atoms with Crippen LogP contribution in [0.5, 0.6) is 0 Å². The summed E-state index contributed by atoms with van der Waals surface area (Å²) in [5.41, 5.74) is 8.25. The summed E-state index contributed by atoms with van der Waals surface area (Å²) in [6, 6.07) is 5.86. The maximum atomic E-state index is 13.6. The fourth-order valence-electron chi connectivity index (χ4n) is 4.09. The molecule has 2 aliphatic rings. The quantitative estimate of drug-likeness (QED) is 0.726. The van der Waals surface area contributed by atoms with Gasteiger partial charge in [0.25, 0.3) is 0 Å². The molecule has 2 aromatic rings. The molecule has 1 aromatic heterocycles. The molecule has 2 atom stereocenters. The van der Waals surface area contributed by atoms with E-state index in [2.05, 4.69) is 16.0 Å². The average Bonchev–Trinajstić information content (AvgIpc) is 3.31. The number of carboxylic acid groups (broad SMARTS) is 1. The van der Waals surface area contributed by atoms with Gasteiger partial charge < -0.3 is 10.0 Å². The lowest BCUT2D eigenvalue weighted by atomic mass is 9.92. The second-order valence-electron chi connectivity index (χ2n) is 7.07. The SMILES string of the molecule is CCn1nc(C(=O)O)c2c1CCN(C(=O)C1CNNC1c1cccc(F)c1)C2. The Balaban J connectivity index is 1.58. The number of aryl methyl sites for hydroxylation is 1. The number of nitrogens with zero attached hydrogens (tertiary/aromatic N) is 3. The molecule has 0 saturated carbocycles. The van der Waals surface area contributed by atoms with Crippen molar-refractivity contribution in [2.75, 3.05) is 13.1 Å². The zero-order valence-electron chi connectivity index (χ0n) is 15.5. The summed E-state index contributed by atoms with van der Waals surface area (Å²) >= 11 is 0. The number of hydrogen-bond donors (Lipinski definition) is 3. The van der Waals surface area contributed by atoms with Gasteiger partial charge in [0.15, 0.2) is 5.69 Å². The normalized spacial score (nSPS) is 21.6. The summed E-state index contributed by atoms with van der Waals surface area (Å²) in [6.45, 7) is 3.64. The van der Waals surface area contributed by atoms with Crippen LogP contribution in [0.4, 0.5) is 4.39 Å². The smallest absolute Gasteiger partial charge is 0.356 e. The fraction of sp³-hybridized carbons (Fsp3) is 0.421. The molecule has 28 heavy (non-hydrogen) atoms. The van der Waals surface area contributed by atoms with E-state index in [1.54, 1.807) is 21.7 Å². The third-order valence-electron chi connectivity index (χ3n) is 5.45. The average molecular weight is 387 g/mol. The number of nitrogens with one attached hydrogen (secondary N) is 2. The van der Waals surface area contributed by atoms with Crippen molar-refractivity contribution in [2.45, 2.75) is 32.5 Å². The van der Waals surface area contributed by atoms with Gasteiger partial charge in [-0.25, -0.2) is 14.6 Å². The molecule has 2 aliphatic heterocycles. The van der Waals surface area contributed by atoms with Crippen LogP contribution in [0.3, 0.4) is 0 Å². The fourth-order valence-corrected chi connectivity index (χ4v) is 4.09. The first-order valence-electron chi connectivity index (χ1n) is 9.34. The molecule has 1 saturated heterocycles. The number of hydrazine groups is 1. The molecule has 8 nitrogen and oxygen atoms in total. The highest BCUT2D eigenvalue weighted by atomic mass is 19.1. The Morgan fingerprint density at radius 3 is 2.93 bits per heavy atom. The van der Waals surface area contributed by atoms with E-state index in [0.29, 0.717) is 37.2 Å². The number of benzene rings is 1. The lowest BCUT2D eigenvalue weighted by Crippen LogP contribution is -2.42. The first kappa shape index (κ1) is 18.6. The third kappa shape index (κ3) is 3.16. The third-order valence-corrected chi connectivity index (χ3v) is 5.45. The standard InChI is InChI=1S/C19H22FN5O3/c1-2-25-15-6-7-24(10-14(15)17(23-25)19(27)28)18(26)13-9-21-22-16(13)11-4-3-5-12(20)8-11/h3-5,8,13,16,21-22H,2,6-7,9-10H2,1H3,(H,27,28). The minimum absolute atomic E-state index is 0.0127. The van der Waals surface area contributed by atoms with Crippen molar-refractivity contribution in [3.05, 3.63) is 52.6 Å². The van der Waals surface area contributed by atoms with Crippen LogP contribution in [0.2, 0.25) is 0 Å². The Morgan fingerprint density at radius 1 is 1.39 bits per heavy atom. The van der Waals surface area contributed by atoms with Gasteiger partial charge in [0, 0.05) is 43.9 Å². The van der Waals surface area contributed by atoms with E-state index in [-0.39, 0.29) is 30.0 Å². The number of carboxylic acids is 1. The van der Waals surface area contributed by atoms with Gasteiger partial charge in [-0.05, 0) is 24.6 Å². The van der Waals surface area contributed by atoms with Crippen LogP contribution in [-0.4, -0.2) is 44.8 Å². The van der Waals surface area contributed by atoms with E-state index in [9.17, 15) is 19.1 Å². The largest absolute Gasteiger partial charge is 0.476 e. The van der Waals surface area contributed by atoms with Crippen LogP contribution < -0.4 is 10.9 Å². The first-order chi connectivity index (χ1) is 13.5. The number of carbonyl (C=O) groups excluding carboxylic acids is 1. The van der Waals surface area contributed by atoms with Crippen LogP contribution in [0, 0.1) is 11.7 Å². The van der Waals surface area contributed by atoms with Crippen LogP contribution in [-0.2, 0) is 24.3 Å². The topological polar surface area (TPSA) is 99.5 Å². The van der Waals surface area contributed by atoms with Crippen LogP contribution in [0.15, 0.2) is 24.3 Å². The van der Waals surface area contributed by atoms with Crippen molar-refractivity contribution >= 4 is 11.9 Å². The van der Waals surface area contributed by atoms with E-state index in [1.165, 1.54) is 12.1 Å². The van der Waals surface area contributed by atoms with Crippen molar-refractivity contribution in [1.82, 2.24) is 25.5 Å². The van der Waals surface area contributed by atoms with Gasteiger partial charge in [0.2, 0.25) is 5.91 Å². The van der Waals surface area contributed by atoms with Crippen molar-refractivity contribution in [3.63, 3.8) is 0 Å². The van der Waals surface area contributed by atoms with Gasteiger partial charge in [-0.1, -0.05) is 12.1 Å². The molecule has 3 N–H and O–H groups in total. The minimum Gasteiger partial charge on any atom is -0.476 e. The van der Waals surface area contributed by atoms with Crippen molar-refractivity contribution in [3.8, 4) is 0 Å². The van der Waals surface area contributed by atoms with E-state index in [1.807, 2.05) is 6.92 Å². The molecule has 148 valence electrons. The number of hydrogen-bond acceptors (Lipinski definition) is 5. The summed E-state index contributed by atoms with van der Waals surface area (Å²) in [5, 5.41) is 13.7. The summed E-state index contributed by atoms with van der Waals surface area (Å²) in [5.74, 6) is -1.92. The number of aromatic nitrogens is 2. The summed E-state index contributed by atoms with van der Waals surface area (Å²) in [6.07, 6.45) is 0.563. The lowest BCUT2D eigenvalue weighted by Gasteiger charge is -2.31. The number of carbonyl (C=O) groups is 2. The Kier molecular flexibility index (Phi) is 4.86. The van der Waals surface area contributed by atoms with Crippen LogP contribution in [0.1, 0.15) is 40.3 Å². The lowest BCUT2D eigenvalue weighted by molar-refractivity contribution is -0.136. The predicted octanol–water partition coefficient (Wildman–Crippen LogP) is 1.09. The first-order valence-corrected chi connectivity index (χ1v) is 9.34. The molecular formula is C19H22FN5O3. The van der Waals surface area contributed by atoms with Gasteiger partial charge in [0.05, 0.1) is 12.0 Å². The zero-order valence-corrected chi connectivity index (χ0v) is 15.5. The van der Waals surface area contributed by atoms with Gasteiger partial charge in [-0.15, -0.1) is 0 Å². The van der Waals surface area contributed by atoms with Gasteiger partial charge in [0.1, 0.15) is 5.82 Å². The maximum absolute atomic E-state index is 13.6. The van der Waals surface area contributed by atoms with Gasteiger partial charge in [-0.3, -0.25) is 14.9 Å². The second-order valence-corrected chi connectivity index (χ2v) is 7.07. The highest BCUT2D eigenvalue weighted by Crippen LogP contribution is 2.30. The highest BCUT2D eigenvalue weighted by molar-refractivity contribution is 5.88. The Labute approximate surface area is 161 Å². The predicted molar refractivity (Wildman–Crippen MR) is 97.8 cm³/mol. The summed E-state index contributed by atoms with van der Waals surface area (Å²) in [4.78, 5) is 26.5. The molecule has 9 heteroatoms. The minimum atomic E-state index is -1.08. The molecule has 0 bridgehead atoms. The van der Waals surface area contributed by atoms with Crippen LogP contribution in [0.25, 0.3) is 0 Å². The molecule has 1 amide bonds. The zero-order chi connectivity index (χ0) is 19.8. The Hall–Kier alpha value is -2.78. The number of fused-ring (bicyclic) bond motifs is 1. The molecule has 0 radical (unpaired) electrons. The molecule has 3 heterocycles. The summed E-state index contributed by atoms with van der Waals surface area (Å²) in [7, 11) is 0. The molecular weight excluding hydrogens is 365 g/mol. The number of amides is 1. The maximum Gasteiger partial charge on any atom is 0.356 e. The van der Waals surface area contributed by atoms with Crippen LogP contribution >= 0.6 is 0 Å². The van der Waals surface area contributed by atoms with E-state index in [4.69, 9.17) is 0 Å². The molecule has 0 spiro atoms. The van der Waals surface area contributed by atoms with E-state index in [0.717, 1.165) is 5.69 Å². The molecule has 4 rings (SSSR count). The molecule has 1 fully saturated rings. The molecule has 1 aromatic carbocycles. The molecule has 0 aliphatic carbocycles. The molecule has 2 unspecified atom stereocenters.